The van der Waals surface area contributed by atoms with Crippen LogP contribution in [-0.2, 0) is 0 Å². The smallest absolute Gasteiger partial charge is 0.0146 e. The Hall–Kier alpha value is 1.40. The molecule has 3 fully saturated rings. The van der Waals surface area contributed by atoms with Crippen LogP contribution in [-0.4, -0.2) is 45.0 Å². The predicted molar refractivity (Wildman–Crippen MR) is 102 cm³/mol. The van der Waals surface area contributed by atoms with Crippen LogP contribution in [0.15, 0.2) is 0 Å². The molecule has 1 saturated heterocycles. The molecule has 1 aliphatic heterocycles. The Morgan fingerprint density at radius 1 is 0.750 bits per heavy atom. The van der Waals surface area contributed by atoms with Gasteiger partial charge in [-0.3, -0.25) is 0 Å². The molecule has 3 rings (SSSR count). The minimum absolute atomic E-state index is 0.949. The van der Waals surface area contributed by atoms with Crippen molar-refractivity contribution in [3.8, 4) is 0 Å². The minimum atomic E-state index is 0.949. The van der Waals surface area contributed by atoms with Crippen LogP contribution in [0.25, 0.3) is 0 Å². The summed E-state index contributed by atoms with van der Waals surface area (Å²) < 4.78 is 0. The number of hydrogen-bond donors (Lipinski definition) is 0. The Bertz CT molecular complexity index is 276. The van der Waals surface area contributed by atoms with Crippen molar-refractivity contribution in [3.05, 3.63) is 0 Å². The van der Waals surface area contributed by atoms with Gasteiger partial charge in [0.05, 0.1) is 0 Å². The van der Waals surface area contributed by atoms with E-state index in [-0.39, 0.29) is 0 Å². The SMILES string of the molecule is C(CC1CSC(CSCC2CC2)CCS1)SCC1CC1. The first-order chi connectivity index (χ1) is 9.90. The first-order valence-corrected chi connectivity index (χ1v) is 12.7. The first kappa shape index (κ1) is 16.3. The maximum Gasteiger partial charge on any atom is 0.0146 e. The van der Waals surface area contributed by atoms with Gasteiger partial charge in [0.15, 0.2) is 0 Å². The highest BCUT2D eigenvalue weighted by Crippen LogP contribution is 2.36. The fraction of sp³-hybridized carbons (Fsp3) is 1.00. The number of thioether (sulfide) groups is 4. The Morgan fingerprint density at radius 3 is 2.25 bits per heavy atom. The van der Waals surface area contributed by atoms with Crippen LogP contribution in [0.1, 0.15) is 38.5 Å². The standard InChI is InChI=1S/C16H28S4/c1-2-13(1)9-17-7-5-16-12-20-15(6-8-19-16)11-18-10-14-3-4-14/h13-16H,1-12H2. The molecule has 0 nitrogen and oxygen atoms in total. The molecule has 116 valence electrons. The Balaban J connectivity index is 1.23. The summed E-state index contributed by atoms with van der Waals surface area (Å²) in [5, 5.41) is 1.90. The molecule has 0 amide bonds. The topological polar surface area (TPSA) is 0 Å². The van der Waals surface area contributed by atoms with Gasteiger partial charge >= 0.3 is 0 Å². The van der Waals surface area contributed by atoms with Gasteiger partial charge in [0, 0.05) is 22.0 Å². The van der Waals surface area contributed by atoms with Crippen LogP contribution in [0.3, 0.4) is 0 Å². The van der Waals surface area contributed by atoms with Gasteiger partial charge in [0.25, 0.3) is 0 Å². The molecular formula is C16H28S4. The first-order valence-electron chi connectivity index (χ1n) is 8.29. The lowest BCUT2D eigenvalue weighted by atomic mass is 10.4. The van der Waals surface area contributed by atoms with E-state index in [1.165, 1.54) is 73.0 Å². The van der Waals surface area contributed by atoms with E-state index < -0.39 is 0 Å². The third-order valence-corrected chi connectivity index (χ3v) is 10.1. The molecule has 0 aromatic heterocycles. The molecule has 3 aliphatic rings. The lowest BCUT2D eigenvalue weighted by molar-refractivity contribution is 0.923. The second-order valence-electron chi connectivity index (χ2n) is 6.52. The van der Waals surface area contributed by atoms with Crippen molar-refractivity contribution in [1.82, 2.24) is 0 Å². The van der Waals surface area contributed by atoms with E-state index in [4.69, 9.17) is 0 Å². The van der Waals surface area contributed by atoms with E-state index in [9.17, 15) is 0 Å². The molecule has 0 radical (unpaired) electrons. The second kappa shape index (κ2) is 8.88. The highest BCUT2D eigenvalue weighted by atomic mass is 32.2. The van der Waals surface area contributed by atoms with Gasteiger partial charge in [0.2, 0.25) is 0 Å². The molecule has 1 heterocycles. The molecule has 20 heavy (non-hydrogen) atoms. The monoisotopic (exact) mass is 348 g/mol. The highest BCUT2D eigenvalue weighted by Gasteiger charge is 2.24. The van der Waals surface area contributed by atoms with Crippen molar-refractivity contribution in [1.29, 1.82) is 0 Å². The lowest BCUT2D eigenvalue weighted by Gasteiger charge is -2.14. The molecule has 0 bridgehead atoms. The number of hydrogen-bond acceptors (Lipinski definition) is 4. The molecule has 0 aromatic rings. The van der Waals surface area contributed by atoms with Crippen molar-refractivity contribution in [2.24, 2.45) is 11.8 Å². The van der Waals surface area contributed by atoms with Gasteiger partial charge in [-0.25, -0.2) is 0 Å². The van der Waals surface area contributed by atoms with Crippen LogP contribution < -0.4 is 0 Å². The van der Waals surface area contributed by atoms with E-state index in [1.54, 1.807) is 0 Å². The van der Waals surface area contributed by atoms with E-state index in [0.717, 1.165) is 22.3 Å². The van der Waals surface area contributed by atoms with Gasteiger partial charge in [-0.2, -0.15) is 47.0 Å². The zero-order chi connectivity index (χ0) is 13.6. The average molecular weight is 349 g/mol. The summed E-state index contributed by atoms with van der Waals surface area (Å²) in [5.74, 6) is 10.8. The fourth-order valence-corrected chi connectivity index (χ4v) is 8.52. The van der Waals surface area contributed by atoms with Crippen LogP contribution in [0.2, 0.25) is 0 Å². The summed E-state index contributed by atoms with van der Waals surface area (Å²) in [6, 6.07) is 0. The minimum Gasteiger partial charge on any atom is -0.162 e. The van der Waals surface area contributed by atoms with Crippen LogP contribution >= 0.6 is 47.0 Å². The quantitative estimate of drug-likeness (QED) is 0.520. The zero-order valence-electron chi connectivity index (χ0n) is 12.4. The summed E-state index contributed by atoms with van der Waals surface area (Å²) in [5.41, 5.74) is 0. The molecule has 0 aromatic carbocycles. The third-order valence-electron chi connectivity index (χ3n) is 4.30. The lowest BCUT2D eigenvalue weighted by Crippen LogP contribution is -2.10. The summed E-state index contributed by atoms with van der Waals surface area (Å²) in [6.45, 7) is 0. The van der Waals surface area contributed by atoms with Gasteiger partial charge < -0.3 is 0 Å². The molecule has 0 N–H and O–H groups in total. The van der Waals surface area contributed by atoms with Crippen molar-refractivity contribution >= 4 is 47.0 Å². The maximum absolute atomic E-state index is 2.29. The fourth-order valence-electron chi connectivity index (χ4n) is 2.44. The third kappa shape index (κ3) is 6.66. The summed E-state index contributed by atoms with van der Waals surface area (Å²) in [7, 11) is 0. The molecule has 0 spiro atoms. The largest absolute Gasteiger partial charge is 0.162 e. The van der Waals surface area contributed by atoms with Crippen LogP contribution in [0, 0.1) is 11.8 Å². The van der Waals surface area contributed by atoms with Gasteiger partial charge in [-0.05, 0) is 73.4 Å². The van der Waals surface area contributed by atoms with E-state index in [2.05, 4.69) is 47.0 Å². The van der Waals surface area contributed by atoms with Gasteiger partial charge in [0.1, 0.15) is 0 Å². The Labute approximate surface area is 142 Å². The maximum atomic E-state index is 2.29. The summed E-state index contributed by atoms with van der Waals surface area (Å²) in [6.07, 6.45) is 8.97. The van der Waals surface area contributed by atoms with Crippen LogP contribution in [0.4, 0.5) is 0 Å². The predicted octanol–water partition coefficient (Wildman–Crippen LogP) is 5.27. The van der Waals surface area contributed by atoms with E-state index in [1.807, 2.05) is 0 Å². The molecule has 2 unspecified atom stereocenters. The van der Waals surface area contributed by atoms with Gasteiger partial charge in [-0.1, -0.05) is 0 Å². The average Bonchev–Trinajstić information content (AvgIpc) is 3.30. The molecule has 2 saturated carbocycles. The highest BCUT2D eigenvalue weighted by molar-refractivity contribution is 8.05. The molecule has 2 atom stereocenters. The van der Waals surface area contributed by atoms with Crippen LogP contribution in [0.5, 0.6) is 0 Å². The normalized spacial score (nSPS) is 31.2. The van der Waals surface area contributed by atoms with Crippen molar-refractivity contribution in [3.63, 3.8) is 0 Å². The molecule has 2 aliphatic carbocycles. The summed E-state index contributed by atoms with van der Waals surface area (Å²) in [4.78, 5) is 0. The molecular weight excluding hydrogens is 320 g/mol. The number of rotatable bonds is 9. The van der Waals surface area contributed by atoms with Crippen molar-refractivity contribution in [2.45, 2.75) is 49.0 Å². The van der Waals surface area contributed by atoms with E-state index >= 15 is 0 Å². The van der Waals surface area contributed by atoms with Crippen molar-refractivity contribution in [2.75, 3.05) is 34.5 Å². The Kier molecular flexibility index (Phi) is 7.22. The van der Waals surface area contributed by atoms with Crippen molar-refractivity contribution < 1.29 is 0 Å². The Morgan fingerprint density at radius 2 is 1.50 bits per heavy atom. The van der Waals surface area contributed by atoms with Gasteiger partial charge in [-0.15, -0.1) is 0 Å². The second-order valence-corrected chi connectivity index (χ2v) is 11.5. The zero-order valence-corrected chi connectivity index (χ0v) is 15.7. The van der Waals surface area contributed by atoms with E-state index in [0.29, 0.717) is 0 Å². The summed E-state index contributed by atoms with van der Waals surface area (Å²) >= 11 is 9.02. The molecule has 4 heteroatoms.